The van der Waals surface area contributed by atoms with Gasteiger partial charge in [0.15, 0.2) is 0 Å². The summed E-state index contributed by atoms with van der Waals surface area (Å²) in [7, 11) is -2.47. The van der Waals surface area contributed by atoms with Crippen molar-refractivity contribution < 1.29 is 17.9 Å². The first-order valence-electron chi connectivity index (χ1n) is 7.46. The molecule has 0 aliphatic rings. The van der Waals surface area contributed by atoms with Crippen molar-refractivity contribution in [3.05, 3.63) is 53.1 Å². The van der Waals surface area contributed by atoms with Crippen LogP contribution in [-0.4, -0.2) is 27.5 Å². The van der Waals surface area contributed by atoms with Gasteiger partial charge in [0.25, 0.3) is 0 Å². The zero-order chi connectivity index (χ0) is 18.6. The van der Waals surface area contributed by atoms with Crippen LogP contribution in [-0.2, 0) is 14.8 Å². The maximum atomic E-state index is 12.4. The predicted octanol–water partition coefficient (Wildman–Crippen LogP) is 2.96. The number of benzene rings is 2. The lowest BCUT2D eigenvalue weighted by Gasteiger charge is -2.15. The molecule has 0 fully saturated rings. The van der Waals surface area contributed by atoms with Crippen molar-refractivity contribution in [3.8, 4) is 5.75 Å². The van der Waals surface area contributed by atoms with E-state index in [1.54, 1.807) is 18.2 Å². The Morgan fingerprint density at radius 3 is 2.52 bits per heavy atom. The molecule has 0 radical (unpaired) electrons. The van der Waals surface area contributed by atoms with E-state index in [0.29, 0.717) is 11.4 Å². The molecule has 25 heavy (non-hydrogen) atoms. The molecule has 2 aromatic carbocycles. The number of aryl methyl sites for hydroxylation is 1. The number of carbonyl (C=O) groups excluding carboxylic acids is 1. The Hall–Kier alpha value is -2.09. The summed E-state index contributed by atoms with van der Waals surface area (Å²) in [6.45, 7) is 3.36. The van der Waals surface area contributed by atoms with Gasteiger partial charge in [0.2, 0.25) is 15.9 Å². The molecule has 1 atom stereocenters. The molecule has 2 aromatic rings. The van der Waals surface area contributed by atoms with E-state index in [9.17, 15) is 13.2 Å². The van der Waals surface area contributed by atoms with Gasteiger partial charge in [-0.3, -0.25) is 4.79 Å². The standard InChI is InChI=1S/C17H19ClN2O4S/c1-11-5-4-6-13(9-11)19-17(21)12(2)20-25(22,23)14-7-8-16(24-3)15(18)10-14/h4-10,12,20H,1-3H3,(H,19,21)/t12-/m1/s1. The summed E-state index contributed by atoms with van der Waals surface area (Å²) in [5.41, 5.74) is 1.59. The third-order valence-corrected chi connectivity index (χ3v) is 5.28. The van der Waals surface area contributed by atoms with Crippen LogP contribution in [0.3, 0.4) is 0 Å². The van der Waals surface area contributed by atoms with Gasteiger partial charge >= 0.3 is 0 Å². The highest BCUT2D eigenvalue weighted by molar-refractivity contribution is 7.89. The van der Waals surface area contributed by atoms with Crippen LogP contribution in [0.1, 0.15) is 12.5 Å². The minimum atomic E-state index is -3.90. The van der Waals surface area contributed by atoms with Gasteiger partial charge < -0.3 is 10.1 Å². The summed E-state index contributed by atoms with van der Waals surface area (Å²) in [4.78, 5) is 12.2. The van der Waals surface area contributed by atoms with Crippen LogP contribution in [0.4, 0.5) is 5.69 Å². The molecule has 0 saturated carbocycles. The van der Waals surface area contributed by atoms with Gasteiger partial charge in [-0.15, -0.1) is 0 Å². The lowest BCUT2D eigenvalue weighted by atomic mass is 10.2. The first-order valence-corrected chi connectivity index (χ1v) is 9.32. The van der Waals surface area contributed by atoms with E-state index in [1.165, 1.54) is 32.2 Å². The predicted molar refractivity (Wildman–Crippen MR) is 97.6 cm³/mol. The van der Waals surface area contributed by atoms with Gasteiger partial charge in [0, 0.05) is 5.69 Å². The average molecular weight is 383 g/mol. The number of ether oxygens (including phenoxy) is 1. The molecule has 0 saturated heterocycles. The topological polar surface area (TPSA) is 84.5 Å². The van der Waals surface area contributed by atoms with E-state index in [4.69, 9.17) is 16.3 Å². The van der Waals surface area contributed by atoms with Crippen LogP contribution < -0.4 is 14.8 Å². The molecule has 0 aromatic heterocycles. The zero-order valence-corrected chi connectivity index (χ0v) is 15.6. The molecule has 0 spiro atoms. The molecule has 1 amide bonds. The van der Waals surface area contributed by atoms with Crippen molar-refractivity contribution >= 4 is 33.2 Å². The summed E-state index contributed by atoms with van der Waals surface area (Å²) >= 11 is 5.96. The Kier molecular flexibility index (Phi) is 6.05. The Morgan fingerprint density at radius 2 is 1.92 bits per heavy atom. The molecule has 2 N–H and O–H groups in total. The quantitative estimate of drug-likeness (QED) is 0.804. The van der Waals surface area contributed by atoms with E-state index in [1.807, 2.05) is 13.0 Å². The summed E-state index contributed by atoms with van der Waals surface area (Å²) in [5, 5.41) is 2.84. The molecule has 0 aliphatic carbocycles. The van der Waals surface area contributed by atoms with Crippen LogP contribution >= 0.6 is 11.6 Å². The highest BCUT2D eigenvalue weighted by Crippen LogP contribution is 2.26. The van der Waals surface area contributed by atoms with Gasteiger partial charge in [-0.2, -0.15) is 4.72 Å². The van der Waals surface area contributed by atoms with Gasteiger partial charge in [-0.1, -0.05) is 23.7 Å². The molecule has 0 unspecified atom stereocenters. The van der Waals surface area contributed by atoms with Crippen LogP contribution in [0.15, 0.2) is 47.4 Å². The second-order valence-electron chi connectivity index (χ2n) is 5.50. The fourth-order valence-electron chi connectivity index (χ4n) is 2.14. The molecule has 8 heteroatoms. The average Bonchev–Trinajstić information content (AvgIpc) is 2.54. The second-order valence-corrected chi connectivity index (χ2v) is 7.62. The summed E-state index contributed by atoms with van der Waals surface area (Å²) in [6.07, 6.45) is 0. The minimum absolute atomic E-state index is 0.0477. The molecule has 134 valence electrons. The summed E-state index contributed by atoms with van der Waals surface area (Å²) < 4.78 is 32.2. The zero-order valence-electron chi connectivity index (χ0n) is 14.0. The van der Waals surface area contributed by atoms with Gasteiger partial charge in [-0.05, 0) is 49.7 Å². The van der Waals surface area contributed by atoms with Crippen LogP contribution in [0, 0.1) is 6.92 Å². The Morgan fingerprint density at radius 1 is 1.20 bits per heavy atom. The highest BCUT2D eigenvalue weighted by atomic mass is 35.5. The van der Waals surface area contributed by atoms with Crippen molar-refractivity contribution in [1.29, 1.82) is 0 Å². The van der Waals surface area contributed by atoms with Crippen molar-refractivity contribution in [2.75, 3.05) is 12.4 Å². The van der Waals surface area contributed by atoms with Crippen LogP contribution in [0.2, 0.25) is 5.02 Å². The Balaban J connectivity index is 2.11. The highest BCUT2D eigenvalue weighted by Gasteiger charge is 2.23. The minimum Gasteiger partial charge on any atom is -0.495 e. The number of hydrogen-bond acceptors (Lipinski definition) is 4. The number of anilines is 1. The first kappa shape index (κ1) is 19.2. The van der Waals surface area contributed by atoms with Crippen molar-refractivity contribution in [2.24, 2.45) is 0 Å². The lowest BCUT2D eigenvalue weighted by molar-refractivity contribution is -0.117. The van der Waals surface area contributed by atoms with Gasteiger partial charge in [0.1, 0.15) is 5.75 Å². The van der Waals surface area contributed by atoms with E-state index < -0.39 is 22.0 Å². The van der Waals surface area contributed by atoms with Crippen LogP contribution in [0.5, 0.6) is 5.75 Å². The molecule has 0 aliphatic heterocycles. The van der Waals surface area contributed by atoms with E-state index in [2.05, 4.69) is 10.0 Å². The number of nitrogens with one attached hydrogen (secondary N) is 2. The number of methoxy groups -OCH3 is 1. The largest absolute Gasteiger partial charge is 0.495 e. The Bertz CT molecular complexity index is 884. The molecular weight excluding hydrogens is 364 g/mol. The normalized spacial score (nSPS) is 12.5. The monoisotopic (exact) mass is 382 g/mol. The first-order chi connectivity index (χ1) is 11.7. The summed E-state index contributed by atoms with van der Waals surface area (Å²) in [5.74, 6) is -0.0976. The maximum Gasteiger partial charge on any atom is 0.242 e. The molecule has 6 nitrogen and oxygen atoms in total. The number of hydrogen-bond donors (Lipinski definition) is 2. The van der Waals surface area contributed by atoms with E-state index in [-0.39, 0.29) is 9.92 Å². The van der Waals surface area contributed by atoms with Crippen molar-refractivity contribution in [2.45, 2.75) is 24.8 Å². The fourth-order valence-corrected chi connectivity index (χ4v) is 3.69. The van der Waals surface area contributed by atoms with E-state index >= 15 is 0 Å². The number of halogens is 1. The SMILES string of the molecule is COc1ccc(S(=O)(=O)N[C@H](C)C(=O)Nc2cccc(C)c2)cc1Cl. The third kappa shape index (κ3) is 4.94. The fraction of sp³-hybridized carbons (Fsp3) is 0.235. The maximum absolute atomic E-state index is 12.4. The lowest BCUT2D eigenvalue weighted by Crippen LogP contribution is -2.41. The molecule has 0 bridgehead atoms. The molecule has 0 heterocycles. The number of rotatable bonds is 6. The smallest absolute Gasteiger partial charge is 0.242 e. The second kappa shape index (κ2) is 7.86. The van der Waals surface area contributed by atoms with Crippen molar-refractivity contribution in [3.63, 3.8) is 0 Å². The van der Waals surface area contributed by atoms with E-state index in [0.717, 1.165) is 5.56 Å². The summed E-state index contributed by atoms with van der Waals surface area (Å²) in [6, 6.07) is 10.3. The van der Waals surface area contributed by atoms with Crippen molar-refractivity contribution in [1.82, 2.24) is 4.72 Å². The number of carbonyl (C=O) groups is 1. The number of sulfonamides is 1. The van der Waals surface area contributed by atoms with Crippen LogP contribution in [0.25, 0.3) is 0 Å². The van der Waals surface area contributed by atoms with Gasteiger partial charge in [-0.25, -0.2) is 8.42 Å². The van der Waals surface area contributed by atoms with Gasteiger partial charge in [0.05, 0.1) is 23.1 Å². The molecule has 2 rings (SSSR count). The molecular formula is C17H19ClN2O4S. The third-order valence-electron chi connectivity index (χ3n) is 3.44. The Labute approximate surface area is 152 Å². The number of amides is 1.